The molecule has 0 bridgehead atoms. The van der Waals surface area contributed by atoms with Gasteiger partial charge in [0, 0.05) is 24.7 Å². The minimum Gasteiger partial charge on any atom is -0.342 e. The Labute approximate surface area is 195 Å². The third kappa shape index (κ3) is 4.46. The lowest BCUT2D eigenvalue weighted by atomic mass is 10.1. The quantitative estimate of drug-likeness (QED) is 0.514. The smallest absolute Gasteiger partial charge is 0.259 e. The van der Waals surface area contributed by atoms with Gasteiger partial charge >= 0.3 is 0 Å². The zero-order valence-corrected chi connectivity index (χ0v) is 19.4. The molecular weight excluding hydrogens is 439 g/mol. The van der Waals surface area contributed by atoms with Gasteiger partial charge in [-0.05, 0) is 42.8 Å². The van der Waals surface area contributed by atoms with Crippen LogP contribution in [0.1, 0.15) is 46.0 Å². The average Bonchev–Trinajstić information content (AvgIpc) is 2.92. The second-order valence-corrected chi connectivity index (χ2v) is 9.43. The fraction of sp³-hybridized carbons (Fsp3) is 0.231. The molecule has 0 aliphatic carbocycles. The van der Waals surface area contributed by atoms with Crippen LogP contribution in [0.25, 0.3) is 0 Å². The van der Waals surface area contributed by atoms with E-state index in [1.807, 2.05) is 0 Å². The fourth-order valence-corrected chi connectivity index (χ4v) is 5.21. The Morgan fingerprint density at radius 1 is 1.03 bits per heavy atom. The third-order valence-electron chi connectivity index (χ3n) is 5.74. The van der Waals surface area contributed by atoms with Crippen molar-refractivity contribution in [2.24, 2.45) is 0 Å². The summed E-state index contributed by atoms with van der Waals surface area (Å²) in [5.74, 6) is -1.00. The maximum atomic E-state index is 14.5. The molecule has 1 heterocycles. The highest BCUT2D eigenvalue weighted by atomic mass is 32.2. The second-order valence-electron chi connectivity index (χ2n) is 8.01. The van der Waals surface area contributed by atoms with E-state index in [1.165, 1.54) is 11.0 Å². The first-order valence-electron chi connectivity index (χ1n) is 10.9. The van der Waals surface area contributed by atoms with Crippen molar-refractivity contribution in [3.63, 3.8) is 0 Å². The van der Waals surface area contributed by atoms with Crippen molar-refractivity contribution in [1.29, 1.82) is 0 Å². The molecule has 2 amide bonds. The summed E-state index contributed by atoms with van der Waals surface area (Å²) in [6, 6.07) is 17.9. The van der Waals surface area contributed by atoms with Gasteiger partial charge in [0.1, 0.15) is 5.82 Å². The van der Waals surface area contributed by atoms with E-state index in [0.717, 1.165) is 12.8 Å². The van der Waals surface area contributed by atoms with Crippen LogP contribution in [-0.2, 0) is 17.3 Å². The Morgan fingerprint density at radius 3 is 2.52 bits per heavy atom. The van der Waals surface area contributed by atoms with Crippen molar-refractivity contribution in [1.82, 2.24) is 4.90 Å². The number of hydrogen-bond acceptors (Lipinski definition) is 3. The summed E-state index contributed by atoms with van der Waals surface area (Å²) in [6.07, 6.45) is 1.84. The Hall–Kier alpha value is -3.32. The summed E-state index contributed by atoms with van der Waals surface area (Å²) in [5, 5.41) is 0. The number of fused-ring (bicyclic) bond motifs is 2. The van der Waals surface area contributed by atoms with Gasteiger partial charge in [-0.25, -0.2) is 8.60 Å². The molecule has 1 aliphatic heterocycles. The van der Waals surface area contributed by atoms with Crippen LogP contribution in [0, 0.1) is 5.82 Å². The molecule has 4 rings (SSSR count). The summed E-state index contributed by atoms with van der Waals surface area (Å²) in [5.41, 5.74) is 1.38. The van der Waals surface area contributed by atoms with Crippen molar-refractivity contribution in [2.75, 3.05) is 18.5 Å². The first-order valence-corrected chi connectivity index (χ1v) is 12.0. The van der Waals surface area contributed by atoms with Gasteiger partial charge in [0.05, 0.1) is 38.4 Å². The Balaban J connectivity index is 1.84. The maximum absolute atomic E-state index is 14.5. The zero-order valence-electron chi connectivity index (χ0n) is 18.6. The molecule has 1 aliphatic rings. The van der Waals surface area contributed by atoms with Crippen molar-refractivity contribution >= 4 is 28.3 Å². The predicted octanol–water partition coefficient (Wildman–Crippen LogP) is 5.02. The molecule has 0 saturated heterocycles. The van der Waals surface area contributed by atoms with Crippen LogP contribution in [0.3, 0.4) is 0 Å². The van der Waals surface area contributed by atoms with Crippen LogP contribution in [0.5, 0.6) is 0 Å². The summed E-state index contributed by atoms with van der Waals surface area (Å²) < 4.78 is 28.0. The number of carbonyl (C=O) groups is 2. The highest BCUT2D eigenvalue weighted by molar-refractivity contribution is 7.85. The van der Waals surface area contributed by atoms with Gasteiger partial charge in [-0.15, -0.1) is 0 Å². The molecule has 0 aromatic heterocycles. The van der Waals surface area contributed by atoms with Crippen LogP contribution in [0.4, 0.5) is 10.1 Å². The van der Waals surface area contributed by atoms with Crippen LogP contribution in [-0.4, -0.2) is 34.5 Å². The van der Waals surface area contributed by atoms with E-state index in [0.29, 0.717) is 38.7 Å². The molecule has 1 atom stereocenters. The van der Waals surface area contributed by atoms with Crippen LogP contribution in [0.2, 0.25) is 0 Å². The van der Waals surface area contributed by atoms with Gasteiger partial charge in [-0.3, -0.25) is 9.59 Å². The molecule has 0 fully saturated rings. The Kier molecular flexibility index (Phi) is 6.70. The number of amides is 2. The molecule has 33 heavy (non-hydrogen) atoms. The summed E-state index contributed by atoms with van der Waals surface area (Å²) >= 11 is 0. The topological polar surface area (TPSA) is 57.7 Å². The molecular formula is C26H25FN2O3S. The van der Waals surface area contributed by atoms with Gasteiger partial charge in [0.15, 0.2) is 0 Å². The summed E-state index contributed by atoms with van der Waals surface area (Å²) in [4.78, 5) is 30.5. The number of rotatable bonds is 6. The van der Waals surface area contributed by atoms with Gasteiger partial charge in [0.25, 0.3) is 11.8 Å². The fourth-order valence-electron chi connectivity index (χ4n) is 3.87. The Bertz CT molecular complexity index is 1240. The van der Waals surface area contributed by atoms with Crippen LogP contribution in [0.15, 0.2) is 76.5 Å². The SMILES string of the molecule is CCCCN(C)C(=O)c1ccc2c(c1)N(Cc1ccccc1F)C(=O)c1ccccc1[S@@]2=O. The number of benzene rings is 3. The van der Waals surface area contributed by atoms with E-state index < -0.39 is 16.6 Å². The lowest BCUT2D eigenvalue weighted by molar-refractivity contribution is 0.0792. The normalized spacial score (nSPS) is 14.9. The zero-order chi connectivity index (χ0) is 23.5. The number of hydrogen-bond donors (Lipinski definition) is 0. The molecule has 0 N–H and O–H groups in total. The number of halogens is 1. The van der Waals surface area contributed by atoms with Gasteiger partial charge in [-0.1, -0.05) is 43.7 Å². The Morgan fingerprint density at radius 2 is 1.76 bits per heavy atom. The highest BCUT2D eigenvalue weighted by Crippen LogP contribution is 2.36. The van der Waals surface area contributed by atoms with E-state index in [2.05, 4.69) is 6.92 Å². The van der Waals surface area contributed by atoms with E-state index >= 15 is 0 Å². The first-order chi connectivity index (χ1) is 15.9. The molecule has 0 unspecified atom stereocenters. The molecule has 0 spiro atoms. The van der Waals surface area contributed by atoms with Crippen molar-refractivity contribution in [3.8, 4) is 0 Å². The molecule has 3 aromatic rings. The van der Waals surface area contributed by atoms with E-state index in [1.54, 1.807) is 72.6 Å². The summed E-state index contributed by atoms with van der Waals surface area (Å²) in [7, 11) is 0.106. The maximum Gasteiger partial charge on any atom is 0.259 e. The molecule has 170 valence electrons. The first kappa shape index (κ1) is 22.9. The van der Waals surface area contributed by atoms with E-state index in [9.17, 15) is 18.2 Å². The third-order valence-corrected chi connectivity index (χ3v) is 7.24. The van der Waals surface area contributed by atoms with Gasteiger partial charge in [-0.2, -0.15) is 0 Å². The molecule has 0 saturated carbocycles. The van der Waals surface area contributed by atoms with Gasteiger partial charge in [0.2, 0.25) is 0 Å². The van der Waals surface area contributed by atoms with Crippen molar-refractivity contribution in [2.45, 2.75) is 36.1 Å². The highest BCUT2D eigenvalue weighted by Gasteiger charge is 2.32. The van der Waals surface area contributed by atoms with Crippen molar-refractivity contribution < 1.29 is 18.2 Å². The molecule has 5 nitrogen and oxygen atoms in total. The second kappa shape index (κ2) is 9.67. The molecule has 0 radical (unpaired) electrons. The van der Waals surface area contributed by atoms with Crippen molar-refractivity contribution in [3.05, 3.63) is 89.2 Å². The van der Waals surface area contributed by atoms with Crippen LogP contribution >= 0.6 is 0 Å². The van der Waals surface area contributed by atoms with Gasteiger partial charge < -0.3 is 9.80 Å². The predicted molar refractivity (Wildman–Crippen MR) is 126 cm³/mol. The lowest BCUT2D eigenvalue weighted by Crippen LogP contribution is -2.31. The average molecular weight is 465 g/mol. The van der Waals surface area contributed by atoms with E-state index in [-0.39, 0.29) is 18.4 Å². The number of nitrogens with zero attached hydrogens (tertiary/aromatic N) is 2. The van der Waals surface area contributed by atoms with Crippen LogP contribution < -0.4 is 4.90 Å². The minimum absolute atomic E-state index is 0.0483. The number of anilines is 1. The molecule has 7 heteroatoms. The number of unbranched alkanes of at least 4 members (excludes halogenated alkanes) is 1. The summed E-state index contributed by atoms with van der Waals surface area (Å²) in [6.45, 7) is 2.62. The number of carbonyl (C=O) groups excluding carboxylic acids is 2. The minimum atomic E-state index is -1.63. The largest absolute Gasteiger partial charge is 0.342 e. The van der Waals surface area contributed by atoms with E-state index in [4.69, 9.17) is 0 Å². The molecule has 3 aromatic carbocycles. The lowest BCUT2D eigenvalue weighted by Gasteiger charge is -2.24. The standard InChI is InChI=1S/C26H25FN2O3S/c1-3-4-15-28(2)25(30)18-13-14-24-22(16-18)29(17-19-9-5-7-11-21(19)27)26(31)20-10-6-8-12-23(20)33(24)32/h5-14,16H,3-4,15,17H2,1-2H3/t33-/m0/s1. The monoisotopic (exact) mass is 464 g/mol.